The van der Waals surface area contributed by atoms with Crippen molar-refractivity contribution < 1.29 is 4.92 Å². The van der Waals surface area contributed by atoms with Crippen LogP contribution in [0.4, 0.5) is 11.5 Å². The molecule has 1 heterocycles. The molecular formula is C12H14N4O2. The molecule has 0 aliphatic heterocycles. The van der Waals surface area contributed by atoms with Crippen LogP contribution in [0.2, 0.25) is 0 Å². The average molecular weight is 246 g/mol. The molecule has 1 aromatic heterocycles. The first-order chi connectivity index (χ1) is 8.41. The second kappa shape index (κ2) is 4.14. The van der Waals surface area contributed by atoms with E-state index >= 15 is 0 Å². The molecule has 0 amide bonds. The number of nitrogen functional groups attached to an aromatic ring is 1. The van der Waals surface area contributed by atoms with E-state index < -0.39 is 4.92 Å². The molecule has 94 valence electrons. The number of nitro groups is 1. The summed E-state index contributed by atoms with van der Waals surface area (Å²) in [5.41, 5.74) is 8.64. The van der Waals surface area contributed by atoms with E-state index in [1.807, 2.05) is 13.8 Å². The van der Waals surface area contributed by atoms with Crippen LogP contribution < -0.4 is 5.73 Å². The molecule has 2 aromatic rings. The van der Waals surface area contributed by atoms with E-state index in [9.17, 15) is 10.1 Å². The molecule has 1 aromatic carbocycles. The third-order valence-electron chi connectivity index (χ3n) is 2.94. The van der Waals surface area contributed by atoms with Gasteiger partial charge in [-0.1, -0.05) is 6.07 Å². The highest BCUT2D eigenvalue weighted by atomic mass is 16.6. The number of rotatable bonds is 2. The van der Waals surface area contributed by atoms with E-state index in [1.54, 1.807) is 19.2 Å². The third-order valence-corrected chi connectivity index (χ3v) is 2.94. The Balaban J connectivity index is 2.73. The Labute approximate surface area is 104 Å². The van der Waals surface area contributed by atoms with Gasteiger partial charge in [0.1, 0.15) is 11.5 Å². The highest BCUT2D eigenvalue weighted by Crippen LogP contribution is 2.33. The normalized spacial score (nSPS) is 10.6. The second-order valence-electron chi connectivity index (χ2n) is 4.26. The molecule has 0 radical (unpaired) electrons. The lowest BCUT2D eigenvalue weighted by Gasteiger charge is -2.02. The topological polar surface area (TPSA) is 87.0 Å². The molecule has 2 rings (SSSR count). The van der Waals surface area contributed by atoms with E-state index in [0.29, 0.717) is 17.1 Å². The minimum atomic E-state index is -0.404. The molecule has 0 unspecified atom stereocenters. The maximum Gasteiger partial charge on any atom is 0.278 e. The van der Waals surface area contributed by atoms with Gasteiger partial charge in [0.15, 0.2) is 0 Å². The zero-order chi connectivity index (χ0) is 13.4. The molecule has 0 atom stereocenters. The van der Waals surface area contributed by atoms with E-state index in [-0.39, 0.29) is 5.69 Å². The summed E-state index contributed by atoms with van der Waals surface area (Å²) in [5, 5.41) is 15.3. The number of benzene rings is 1. The number of nitrogens with two attached hydrogens (primary N) is 1. The van der Waals surface area contributed by atoms with E-state index in [1.165, 1.54) is 10.7 Å². The lowest BCUT2D eigenvalue weighted by Crippen LogP contribution is -1.97. The standard InChI is InChI=1S/C12H14N4O2/c1-7-4-5-10(16(17)18)9(6-7)11-8(2)12(13)15(3)14-11/h4-6H,13H2,1-3H3. The minimum absolute atomic E-state index is 0.0433. The van der Waals surface area contributed by atoms with Gasteiger partial charge in [-0.2, -0.15) is 5.10 Å². The van der Waals surface area contributed by atoms with E-state index in [2.05, 4.69) is 5.10 Å². The van der Waals surface area contributed by atoms with Crippen LogP contribution in [0.1, 0.15) is 11.1 Å². The Bertz CT molecular complexity index is 631. The van der Waals surface area contributed by atoms with Crippen molar-refractivity contribution in [3.8, 4) is 11.3 Å². The van der Waals surface area contributed by atoms with Crippen molar-refractivity contribution in [3.63, 3.8) is 0 Å². The molecule has 0 saturated heterocycles. The van der Waals surface area contributed by atoms with E-state index in [0.717, 1.165) is 11.1 Å². The number of aryl methyl sites for hydroxylation is 2. The third kappa shape index (κ3) is 1.81. The van der Waals surface area contributed by atoms with Crippen LogP contribution in [0.25, 0.3) is 11.3 Å². The van der Waals surface area contributed by atoms with Gasteiger partial charge in [0, 0.05) is 18.7 Å². The molecule has 6 nitrogen and oxygen atoms in total. The summed E-state index contributed by atoms with van der Waals surface area (Å²) in [6.45, 7) is 3.69. The van der Waals surface area contributed by atoms with Crippen molar-refractivity contribution in [2.24, 2.45) is 7.05 Å². The maximum atomic E-state index is 11.0. The zero-order valence-electron chi connectivity index (χ0n) is 10.5. The van der Waals surface area contributed by atoms with Gasteiger partial charge >= 0.3 is 0 Å². The lowest BCUT2D eigenvalue weighted by molar-refractivity contribution is -0.384. The number of hydrogen-bond acceptors (Lipinski definition) is 4. The molecule has 2 N–H and O–H groups in total. The van der Waals surface area contributed by atoms with Crippen molar-refractivity contribution in [2.45, 2.75) is 13.8 Å². The lowest BCUT2D eigenvalue weighted by atomic mass is 10.0. The van der Waals surface area contributed by atoms with Gasteiger partial charge in [0.25, 0.3) is 5.69 Å². The molecule has 0 spiro atoms. The molecule has 0 fully saturated rings. The first-order valence-corrected chi connectivity index (χ1v) is 5.46. The predicted octanol–water partition coefficient (Wildman–Crippen LogP) is 2.19. The Hall–Kier alpha value is -2.37. The SMILES string of the molecule is Cc1ccc([N+](=O)[O-])c(-c2nn(C)c(N)c2C)c1. The first-order valence-electron chi connectivity index (χ1n) is 5.46. The molecule has 18 heavy (non-hydrogen) atoms. The fraction of sp³-hybridized carbons (Fsp3) is 0.250. The Morgan fingerprint density at radius 2 is 2.06 bits per heavy atom. The molecule has 0 aliphatic rings. The number of aromatic nitrogens is 2. The second-order valence-corrected chi connectivity index (χ2v) is 4.26. The average Bonchev–Trinajstić information content (AvgIpc) is 2.56. The van der Waals surface area contributed by atoms with Crippen molar-refractivity contribution in [3.05, 3.63) is 39.4 Å². The number of nitro benzene ring substituents is 1. The van der Waals surface area contributed by atoms with Crippen LogP contribution in [0.5, 0.6) is 0 Å². The highest BCUT2D eigenvalue weighted by Gasteiger charge is 2.21. The maximum absolute atomic E-state index is 11.0. The van der Waals surface area contributed by atoms with Crippen molar-refractivity contribution in [1.82, 2.24) is 9.78 Å². The molecule has 0 aliphatic carbocycles. The smallest absolute Gasteiger partial charge is 0.278 e. The summed E-state index contributed by atoms with van der Waals surface area (Å²) in [5.74, 6) is 0.515. The Kier molecular flexibility index (Phi) is 2.78. The van der Waals surface area contributed by atoms with Gasteiger partial charge in [0.2, 0.25) is 0 Å². The first kappa shape index (κ1) is 12.1. The van der Waals surface area contributed by atoms with Crippen LogP contribution in [-0.4, -0.2) is 14.7 Å². The number of nitrogens with zero attached hydrogens (tertiary/aromatic N) is 3. The van der Waals surface area contributed by atoms with Crippen LogP contribution in [0, 0.1) is 24.0 Å². The summed E-state index contributed by atoms with van der Waals surface area (Å²) >= 11 is 0. The fourth-order valence-corrected chi connectivity index (χ4v) is 1.90. The Morgan fingerprint density at radius 1 is 1.39 bits per heavy atom. The Morgan fingerprint density at radius 3 is 2.56 bits per heavy atom. The van der Waals surface area contributed by atoms with E-state index in [4.69, 9.17) is 5.73 Å². The van der Waals surface area contributed by atoms with Gasteiger partial charge in [-0.25, -0.2) is 0 Å². The molecule has 6 heteroatoms. The van der Waals surface area contributed by atoms with Crippen LogP contribution in [0.15, 0.2) is 18.2 Å². The summed E-state index contributed by atoms with van der Waals surface area (Å²) in [4.78, 5) is 10.6. The van der Waals surface area contributed by atoms with Crippen LogP contribution in [0.3, 0.4) is 0 Å². The highest BCUT2D eigenvalue weighted by molar-refractivity contribution is 5.76. The number of hydrogen-bond donors (Lipinski definition) is 1. The van der Waals surface area contributed by atoms with Crippen LogP contribution in [-0.2, 0) is 7.05 Å². The fourth-order valence-electron chi connectivity index (χ4n) is 1.90. The zero-order valence-corrected chi connectivity index (χ0v) is 10.5. The minimum Gasteiger partial charge on any atom is -0.384 e. The van der Waals surface area contributed by atoms with Crippen LogP contribution >= 0.6 is 0 Å². The molecular weight excluding hydrogens is 232 g/mol. The molecule has 0 bridgehead atoms. The van der Waals surface area contributed by atoms with Gasteiger partial charge < -0.3 is 5.73 Å². The largest absolute Gasteiger partial charge is 0.384 e. The van der Waals surface area contributed by atoms with Crippen molar-refractivity contribution in [2.75, 3.05) is 5.73 Å². The summed E-state index contributed by atoms with van der Waals surface area (Å²) in [6.07, 6.45) is 0. The monoisotopic (exact) mass is 246 g/mol. The summed E-state index contributed by atoms with van der Waals surface area (Å²) in [7, 11) is 1.72. The summed E-state index contributed by atoms with van der Waals surface area (Å²) in [6, 6.07) is 4.96. The quantitative estimate of drug-likeness (QED) is 0.650. The van der Waals surface area contributed by atoms with Gasteiger partial charge in [-0.05, 0) is 25.5 Å². The van der Waals surface area contributed by atoms with Gasteiger partial charge in [-0.15, -0.1) is 0 Å². The van der Waals surface area contributed by atoms with Gasteiger partial charge in [0.05, 0.1) is 10.5 Å². The van der Waals surface area contributed by atoms with Crippen molar-refractivity contribution >= 4 is 11.5 Å². The van der Waals surface area contributed by atoms with Gasteiger partial charge in [-0.3, -0.25) is 14.8 Å². The molecule has 0 saturated carbocycles. The predicted molar refractivity (Wildman–Crippen MR) is 69.2 cm³/mol. The van der Waals surface area contributed by atoms with Crippen molar-refractivity contribution in [1.29, 1.82) is 0 Å². The number of anilines is 1. The summed E-state index contributed by atoms with van der Waals surface area (Å²) < 4.78 is 1.52.